The molecule has 1 saturated carbocycles. The molecule has 4 rings (SSSR count). The number of fused-ring (bicyclic) bond motifs is 1. The van der Waals surface area contributed by atoms with Gasteiger partial charge in [-0.25, -0.2) is 0 Å². The second kappa shape index (κ2) is 8.26. The van der Waals surface area contributed by atoms with Crippen molar-refractivity contribution < 1.29 is 4.79 Å². The van der Waals surface area contributed by atoms with E-state index in [4.69, 9.17) is 5.73 Å². The van der Waals surface area contributed by atoms with Gasteiger partial charge in [0, 0.05) is 45.3 Å². The Labute approximate surface area is 162 Å². The van der Waals surface area contributed by atoms with Crippen molar-refractivity contribution in [3.05, 3.63) is 35.9 Å². The molecule has 3 fully saturated rings. The average molecular weight is 379 g/mol. The second-order valence-electron chi connectivity index (χ2n) is 8.06. The monoisotopic (exact) mass is 378 g/mol. The normalized spacial score (nSPS) is 30.7. The number of benzene rings is 1. The van der Waals surface area contributed by atoms with Gasteiger partial charge in [0.2, 0.25) is 5.91 Å². The zero-order valence-corrected chi connectivity index (χ0v) is 16.4. The van der Waals surface area contributed by atoms with E-state index in [0.29, 0.717) is 11.8 Å². The van der Waals surface area contributed by atoms with Crippen molar-refractivity contribution >= 4 is 18.3 Å². The maximum Gasteiger partial charge on any atom is 0.244 e. The van der Waals surface area contributed by atoms with Gasteiger partial charge in [0.05, 0.1) is 0 Å². The highest BCUT2D eigenvalue weighted by molar-refractivity contribution is 5.85. The van der Waals surface area contributed by atoms with Gasteiger partial charge in [-0.2, -0.15) is 0 Å². The molecule has 1 aliphatic carbocycles. The summed E-state index contributed by atoms with van der Waals surface area (Å²) in [6.45, 7) is 5.68. The van der Waals surface area contributed by atoms with Gasteiger partial charge in [-0.3, -0.25) is 9.69 Å². The molecular weight excluding hydrogens is 348 g/mol. The van der Waals surface area contributed by atoms with Gasteiger partial charge in [-0.15, -0.1) is 12.4 Å². The molecular formula is C20H31ClN4O. The third kappa shape index (κ3) is 3.77. The van der Waals surface area contributed by atoms with E-state index in [1.54, 1.807) is 0 Å². The number of carbonyl (C=O) groups excluding carboxylic acids is 1. The molecule has 1 aromatic carbocycles. The Morgan fingerprint density at radius 1 is 1.08 bits per heavy atom. The van der Waals surface area contributed by atoms with Crippen LogP contribution in [0.3, 0.4) is 0 Å². The Morgan fingerprint density at radius 3 is 2.42 bits per heavy atom. The van der Waals surface area contributed by atoms with E-state index >= 15 is 0 Å². The largest absolute Gasteiger partial charge is 0.340 e. The van der Waals surface area contributed by atoms with Gasteiger partial charge in [0.1, 0.15) is 6.04 Å². The second-order valence-corrected chi connectivity index (χ2v) is 8.06. The summed E-state index contributed by atoms with van der Waals surface area (Å²) in [6.07, 6.45) is 2.30. The number of piperazine rings is 1. The first-order chi connectivity index (χ1) is 12.1. The number of likely N-dealkylation sites (N-methyl/N-ethyl adjacent to an activating group) is 1. The van der Waals surface area contributed by atoms with Crippen LogP contribution in [-0.4, -0.2) is 73.0 Å². The number of likely N-dealkylation sites (tertiary alicyclic amines) is 1. The van der Waals surface area contributed by atoms with E-state index < -0.39 is 0 Å². The Kier molecular flexibility index (Phi) is 6.23. The lowest BCUT2D eigenvalue weighted by Crippen LogP contribution is -2.50. The van der Waals surface area contributed by atoms with E-state index in [9.17, 15) is 4.79 Å². The molecule has 2 heterocycles. The maximum absolute atomic E-state index is 13.5. The molecule has 2 aliphatic heterocycles. The lowest BCUT2D eigenvalue weighted by molar-refractivity contribution is -0.137. The molecule has 144 valence electrons. The molecule has 2 N–H and O–H groups in total. The van der Waals surface area contributed by atoms with Crippen molar-refractivity contribution in [2.24, 2.45) is 17.6 Å². The molecule has 3 aliphatic rings. The van der Waals surface area contributed by atoms with E-state index in [1.165, 1.54) is 6.42 Å². The first kappa shape index (κ1) is 19.6. The molecule has 0 bridgehead atoms. The molecule has 4 atom stereocenters. The number of nitrogens with two attached hydrogens (primary N) is 1. The first-order valence-electron chi connectivity index (χ1n) is 9.65. The Bertz CT molecular complexity index is 605. The van der Waals surface area contributed by atoms with Crippen LogP contribution in [0.5, 0.6) is 0 Å². The van der Waals surface area contributed by atoms with Gasteiger partial charge >= 0.3 is 0 Å². The van der Waals surface area contributed by atoms with Crippen LogP contribution in [0.4, 0.5) is 0 Å². The van der Waals surface area contributed by atoms with Crippen molar-refractivity contribution in [3.8, 4) is 0 Å². The predicted octanol–water partition coefficient (Wildman–Crippen LogP) is 1.59. The maximum atomic E-state index is 13.5. The third-order valence-corrected chi connectivity index (χ3v) is 6.48. The Morgan fingerprint density at radius 2 is 1.77 bits per heavy atom. The van der Waals surface area contributed by atoms with E-state index in [-0.39, 0.29) is 30.4 Å². The highest BCUT2D eigenvalue weighted by Crippen LogP contribution is 2.38. The van der Waals surface area contributed by atoms with Gasteiger partial charge in [0.15, 0.2) is 0 Å². The summed E-state index contributed by atoms with van der Waals surface area (Å²) in [5.74, 6) is 1.40. The SMILES string of the molecule is CN1CCN(C(C(=O)N2CC3CCC(N)C3C2)c2ccccc2)CC1.Cl. The summed E-state index contributed by atoms with van der Waals surface area (Å²) in [5.41, 5.74) is 7.40. The molecule has 0 spiro atoms. The first-order valence-corrected chi connectivity index (χ1v) is 9.65. The number of hydrogen-bond donors (Lipinski definition) is 1. The van der Waals surface area contributed by atoms with Gasteiger partial charge in [-0.1, -0.05) is 30.3 Å². The van der Waals surface area contributed by atoms with Crippen molar-refractivity contribution in [3.63, 3.8) is 0 Å². The summed E-state index contributed by atoms with van der Waals surface area (Å²) in [6, 6.07) is 10.4. The quantitative estimate of drug-likeness (QED) is 0.867. The van der Waals surface area contributed by atoms with Gasteiger partial charge < -0.3 is 15.5 Å². The zero-order valence-electron chi connectivity index (χ0n) is 15.6. The fourth-order valence-electron chi connectivity index (χ4n) is 4.89. The number of carbonyl (C=O) groups is 1. The summed E-state index contributed by atoms with van der Waals surface area (Å²) in [7, 11) is 2.15. The zero-order chi connectivity index (χ0) is 17.4. The van der Waals surface area contributed by atoms with E-state index in [1.807, 2.05) is 18.2 Å². The van der Waals surface area contributed by atoms with Crippen molar-refractivity contribution in [1.29, 1.82) is 0 Å². The molecule has 5 nitrogen and oxygen atoms in total. The Balaban J connectivity index is 0.00000196. The molecule has 0 aromatic heterocycles. The van der Waals surface area contributed by atoms with Gasteiger partial charge in [0.25, 0.3) is 0 Å². The smallest absolute Gasteiger partial charge is 0.244 e. The average Bonchev–Trinajstić information content (AvgIpc) is 3.20. The highest BCUT2D eigenvalue weighted by atomic mass is 35.5. The minimum absolute atomic E-state index is 0. The van der Waals surface area contributed by atoms with Crippen LogP contribution in [-0.2, 0) is 4.79 Å². The number of hydrogen-bond acceptors (Lipinski definition) is 4. The van der Waals surface area contributed by atoms with Crippen LogP contribution in [0.25, 0.3) is 0 Å². The van der Waals surface area contributed by atoms with Crippen LogP contribution in [0.15, 0.2) is 30.3 Å². The molecule has 0 radical (unpaired) electrons. The molecule has 1 amide bonds. The molecule has 6 heteroatoms. The topological polar surface area (TPSA) is 52.8 Å². The number of rotatable bonds is 3. The van der Waals surface area contributed by atoms with Crippen molar-refractivity contribution in [2.45, 2.75) is 24.9 Å². The van der Waals surface area contributed by atoms with Crippen LogP contribution in [0.1, 0.15) is 24.4 Å². The minimum Gasteiger partial charge on any atom is -0.340 e. The molecule has 1 aromatic rings. The summed E-state index contributed by atoms with van der Waals surface area (Å²) in [4.78, 5) is 20.3. The minimum atomic E-state index is -0.148. The van der Waals surface area contributed by atoms with Crippen molar-refractivity contribution in [1.82, 2.24) is 14.7 Å². The lowest BCUT2D eigenvalue weighted by atomic mass is 9.98. The van der Waals surface area contributed by atoms with Gasteiger partial charge in [-0.05, 0) is 37.3 Å². The summed E-state index contributed by atoms with van der Waals surface area (Å²) < 4.78 is 0. The van der Waals surface area contributed by atoms with Crippen LogP contribution in [0.2, 0.25) is 0 Å². The van der Waals surface area contributed by atoms with Crippen LogP contribution < -0.4 is 5.73 Å². The summed E-state index contributed by atoms with van der Waals surface area (Å²) in [5, 5.41) is 0. The number of amides is 1. The molecule has 2 saturated heterocycles. The standard InChI is InChI=1S/C20H30N4O.ClH/c1-22-9-11-23(12-10-22)19(15-5-3-2-4-6-15)20(25)24-13-16-7-8-18(21)17(16)14-24;/h2-6,16-19H,7-14,21H2,1H3;1H. The number of halogens is 1. The third-order valence-electron chi connectivity index (χ3n) is 6.48. The molecule has 26 heavy (non-hydrogen) atoms. The van der Waals surface area contributed by atoms with Crippen LogP contribution in [0, 0.1) is 11.8 Å². The van der Waals surface area contributed by atoms with E-state index in [2.05, 4.69) is 33.9 Å². The summed E-state index contributed by atoms with van der Waals surface area (Å²) >= 11 is 0. The predicted molar refractivity (Wildman–Crippen MR) is 106 cm³/mol. The lowest BCUT2D eigenvalue weighted by Gasteiger charge is -2.39. The number of nitrogens with zero attached hydrogens (tertiary/aromatic N) is 3. The Hall–Kier alpha value is -1.14. The fraction of sp³-hybridized carbons (Fsp3) is 0.650. The van der Waals surface area contributed by atoms with Crippen LogP contribution >= 0.6 is 12.4 Å². The fourth-order valence-corrected chi connectivity index (χ4v) is 4.89. The van der Waals surface area contributed by atoms with Crippen molar-refractivity contribution in [2.75, 3.05) is 46.3 Å². The molecule has 4 unspecified atom stereocenters. The highest BCUT2D eigenvalue weighted by Gasteiger charge is 2.44. The van der Waals surface area contributed by atoms with E-state index in [0.717, 1.165) is 51.3 Å².